The van der Waals surface area contributed by atoms with Gasteiger partial charge in [0.15, 0.2) is 5.75 Å². The van der Waals surface area contributed by atoms with Crippen LogP contribution in [0.3, 0.4) is 0 Å². The zero-order valence-electron chi connectivity index (χ0n) is 15.5. The third-order valence-electron chi connectivity index (χ3n) is 4.04. The predicted molar refractivity (Wildman–Crippen MR) is 117 cm³/mol. The van der Waals surface area contributed by atoms with Crippen molar-refractivity contribution in [1.82, 2.24) is 0 Å². The Bertz CT molecular complexity index is 1280. The molecule has 0 saturated heterocycles. The van der Waals surface area contributed by atoms with Crippen molar-refractivity contribution in [2.45, 2.75) is 11.8 Å². The minimum Gasteiger partial charge on any atom is -0.453 e. The first kappa shape index (κ1) is 23.1. The molecule has 0 heterocycles. The van der Waals surface area contributed by atoms with E-state index >= 15 is 0 Å². The Morgan fingerprint density at radius 2 is 1.65 bits per heavy atom. The summed E-state index contributed by atoms with van der Waals surface area (Å²) in [6, 6.07) is 9.58. The van der Waals surface area contributed by atoms with E-state index in [9.17, 15) is 22.9 Å². The number of nitro benzene ring substituents is 1. The lowest BCUT2D eigenvalue weighted by atomic mass is 10.2. The van der Waals surface area contributed by atoms with Crippen molar-refractivity contribution in [3.05, 3.63) is 85.1 Å². The van der Waals surface area contributed by atoms with E-state index in [0.29, 0.717) is 5.56 Å². The molecule has 3 aromatic rings. The third kappa shape index (κ3) is 5.19. The lowest BCUT2D eigenvalue weighted by Crippen LogP contribution is -2.13. The predicted octanol–water partition coefficient (Wildman–Crippen LogP) is 6.60. The van der Waals surface area contributed by atoms with Gasteiger partial charge in [-0.15, -0.1) is 0 Å². The van der Waals surface area contributed by atoms with E-state index < -0.39 is 20.8 Å². The number of hydrogen-bond donors (Lipinski definition) is 1. The molecule has 1 N–H and O–H groups in total. The number of nitrogens with zero attached hydrogens (tertiary/aromatic N) is 1. The molecule has 0 aromatic heterocycles. The smallest absolute Gasteiger partial charge is 0.271 e. The van der Waals surface area contributed by atoms with Crippen LogP contribution in [0.5, 0.6) is 11.5 Å². The molecule has 0 aliphatic carbocycles. The van der Waals surface area contributed by atoms with Crippen LogP contribution in [0, 0.1) is 22.9 Å². The van der Waals surface area contributed by atoms with E-state index in [4.69, 9.17) is 39.5 Å². The average molecular weight is 506 g/mol. The zero-order chi connectivity index (χ0) is 22.9. The van der Waals surface area contributed by atoms with Gasteiger partial charge in [-0.25, -0.2) is 12.8 Å². The van der Waals surface area contributed by atoms with Crippen LogP contribution in [0.1, 0.15) is 5.56 Å². The minimum atomic E-state index is -4.14. The zero-order valence-corrected chi connectivity index (χ0v) is 18.6. The van der Waals surface area contributed by atoms with Crippen LogP contribution in [0.15, 0.2) is 53.4 Å². The number of rotatable bonds is 6. The fourth-order valence-corrected chi connectivity index (χ4v) is 4.46. The molecule has 0 radical (unpaired) electrons. The molecular weight excluding hydrogens is 494 g/mol. The second-order valence-corrected chi connectivity index (χ2v) is 9.16. The second-order valence-electron chi connectivity index (χ2n) is 6.26. The molecule has 7 nitrogen and oxygen atoms in total. The molecule has 0 aliphatic heterocycles. The van der Waals surface area contributed by atoms with Crippen LogP contribution in [0.2, 0.25) is 15.1 Å². The number of nitro groups is 1. The topological polar surface area (TPSA) is 98.5 Å². The average Bonchev–Trinajstić information content (AvgIpc) is 2.68. The van der Waals surface area contributed by atoms with Crippen LogP contribution in [-0.4, -0.2) is 13.3 Å². The first-order valence-electron chi connectivity index (χ1n) is 8.38. The number of nitrogens with one attached hydrogen (secondary N) is 1. The summed E-state index contributed by atoms with van der Waals surface area (Å²) >= 11 is 18.3. The van der Waals surface area contributed by atoms with E-state index in [1.165, 1.54) is 24.3 Å². The molecule has 3 rings (SSSR count). The van der Waals surface area contributed by atoms with Crippen molar-refractivity contribution in [3.63, 3.8) is 0 Å². The van der Waals surface area contributed by atoms with Crippen molar-refractivity contribution in [2.24, 2.45) is 0 Å². The number of hydrogen-bond acceptors (Lipinski definition) is 5. The summed E-state index contributed by atoms with van der Waals surface area (Å²) in [5.74, 6) is -0.640. The van der Waals surface area contributed by atoms with Crippen LogP contribution in [-0.2, 0) is 10.0 Å². The lowest BCUT2D eigenvalue weighted by Gasteiger charge is -2.14. The Hall–Kier alpha value is -2.59. The maximum Gasteiger partial charge on any atom is 0.271 e. The minimum absolute atomic E-state index is 0.0216. The molecule has 0 bridgehead atoms. The normalized spacial score (nSPS) is 11.3. The highest BCUT2D eigenvalue weighted by atomic mass is 35.5. The summed E-state index contributed by atoms with van der Waals surface area (Å²) in [4.78, 5) is 9.90. The van der Waals surface area contributed by atoms with Crippen molar-refractivity contribution in [1.29, 1.82) is 0 Å². The molecule has 0 aliphatic rings. The Morgan fingerprint density at radius 1 is 1.00 bits per heavy atom. The number of ether oxygens (including phenoxy) is 1. The van der Waals surface area contributed by atoms with Gasteiger partial charge in [0.2, 0.25) is 0 Å². The molecule has 3 aromatic carbocycles. The number of aryl methyl sites for hydroxylation is 1. The summed E-state index contributed by atoms with van der Waals surface area (Å²) in [7, 11) is -4.14. The maximum absolute atomic E-state index is 13.7. The van der Waals surface area contributed by atoms with Gasteiger partial charge in [0.1, 0.15) is 11.6 Å². The quantitative estimate of drug-likeness (QED) is 0.301. The largest absolute Gasteiger partial charge is 0.453 e. The Morgan fingerprint density at radius 3 is 2.19 bits per heavy atom. The standard InChI is InChI=1S/C19H12Cl3FN2O5S/c1-10-2-3-11(6-17(10)23)24-31(28,29)13-8-15(21)19(16(22)9-13)30-18-5-4-12(25(26)27)7-14(18)20/h2-9,24H,1H3. The Balaban J connectivity index is 1.91. The van der Waals surface area contributed by atoms with Gasteiger partial charge in [-0.2, -0.15) is 0 Å². The van der Waals surface area contributed by atoms with Crippen molar-refractivity contribution >= 4 is 56.2 Å². The lowest BCUT2D eigenvalue weighted by molar-refractivity contribution is -0.384. The number of anilines is 1. The van der Waals surface area contributed by atoms with Crippen molar-refractivity contribution in [3.8, 4) is 11.5 Å². The summed E-state index contributed by atoms with van der Waals surface area (Å²) in [6.07, 6.45) is 0. The van der Waals surface area contributed by atoms with Gasteiger partial charge in [-0.1, -0.05) is 40.9 Å². The summed E-state index contributed by atoms with van der Waals surface area (Å²) in [6.45, 7) is 1.54. The van der Waals surface area contributed by atoms with E-state index in [2.05, 4.69) is 4.72 Å². The van der Waals surface area contributed by atoms with Gasteiger partial charge >= 0.3 is 0 Å². The van der Waals surface area contributed by atoms with E-state index in [0.717, 1.165) is 24.3 Å². The molecule has 0 atom stereocenters. The fraction of sp³-hybridized carbons (Fsp3) is 0.0526. The van der Waals surface area contributed by atoms with Gasteiger partial charge in [0.25, 0.3) is 15.7 Å². The van der Waals surface area contributed by atoms with E-state index in [1.807, 2.05) is 0 Å². The van der Waals surface area contributed by atoms with Crippen LogP contribution >= 0.6 is 34.8 Å². The highest BCUT2D eigenvalue weighted by Gasteiger charge is 2.21. The molecule has 0 fully saturated rings. The number of benzene rings is 3. The molecule has 0 amide bonds. The third-order valence-corrected chi connectivity index (χ3v) is 6.26. The molecule has 0 spiro atoms. The molecule has 0 unspecified atom stereocenters. The maximum atomic E-state index is 13.7. The fourth-order valence-electron chi connectivity index (χ4n) is 2.46. The van der Waals surface area contributed by atoms with Crippen LogP contribution in [0.25, 0.3) is 0 Å². The van der Waals surface area contributed by atoms with Gasteiger partial charge in [0.05, 0.1) is 30.6 Å². The molecule has 0 saturated carbocycles. The van der Waals surface area contributed by atoms with Gasteiger partial charge in [-0.05, 0) is 42.8 Å². The summed E-state index contributed by atoms with van der Waals surface area (Å²) < 4.78 is 46.8. The highest BCUT2D eigenvalue weighted by Crippen LogP contribution is 2.41. The monoisotopic (exact) mass is 504 g/mol. The molecule has 31 heavy (non-hydrogen) atoms. The molecule has 12 heteroatoms. The van der Waals surface area contributed by atoms with Gasteiger partial charge in [-0.3, -0.25) is 14.8 Å². The SMILES string of the molecule is Cc1ccc(NS(=O)(=O)c2cc(Cl)c(Oc3ccc([N+](=O)[O-])cc3Cl)c(Cl)c2)cc1F. The van der Waals surface area contributed by atoms with Gasteiger partial charge in [0, 0.05) is 12.1 Å². The van der Waals surface area contributed by atoms with Crippen LogP contribution < -0.4 is 9.46 Å². The number of sulfonamides is 1. The molecule has 162 valence electrons. The second kappa shape index (κ2) is 8.88. The van der Waals surface area contributed by atoms with Gasteiger partial charge < -0.3 is 4.74 Å². The highest BCUT2D eigenvalue weighted by molar-refractivity contribution is 7.92. The molecular formula is C19H12Cl3FN2O5S. The Labute approximate surface area is 191 Å². The van der Waals surface area contributed by atoms with Crippen molar-refractivity contribution in [2.75, 3.05) is 4.72 Å². The van der Waals surface area contributed by atoms with Crippen LogP contribution in [0.4, 0.5) is 15.8 Å². The summed E-state index contributed by atoms with van der Waals surface area (Å²) in [5, 5.41) is 10.4. The Kier molecular flexibility index (Phi) is 6.61. The summed E-state index contributed by atoms with van der Waals surface area (Å²) in [5.41, 5.74) is 0.142. The number of halogens is 4. The number of non-ortho nitro benzene ring substituents is 1. The first-order chi connectivity index (χ1) is 14.5. The van der Waals surface area contributed by atoms with E-state index in [-0.39, 0.29) is 42.8 Å². The first-order valence-corrected chi connectivity index (χ1v) is 11.0. The van der Waals surface area contributed by atoms with E-state index in [1.54, 1.807) is 6.92 Å². The van der Waals surface area contributed by atoms with Crippen molar-refractivity contribution < 1.29 is 22.5 Å².